The van der Waals surface area contributed by atoms with Gasteiger partial charge in [0.2, 0.25) is 0 Å². The van der Waals surface area contributed by atoms with Crippen LogP contribution in [0.5, 0.6) is 5.75 Å². The van der Waals surface area contributed by atoms with Crippen molar-refractivity contribution in [2.24, 2.45) is 0 Å². The van der Waals surface area contributed by atoms with E-state index in [1.54, 1.807) is 7.11 Å². The van der Waals surface area contributed by atoms with E-state index in [0.29, 0.717) is 13.0 Å². The number of hydrogen-bond acceptors (Lipinski definition) is 4. The van der Waals surface area contributed by atoms with Gasteiger partial charge in [-0.2, -0.15) is 0 Å². The Morgan fingerprint density at radius 2 is 2.15 bits per heavy atom. The molecule has 1 unspecified atom stereocenters. The van der Waals surface area contributed by atoms with E-state index >= 15 is 0 Å². The Hall–Kier alpha value is -1.55. The van der Waals surface area contributed by atoms with Crippen LogP contribution in [0, 0.1) is 6.92 Å². The third kappa shape index (κ3) is 5.21. The van der Waals surface area contributed by atoms with Gasteiger partial charge in [0.15, 0.2) is 0 Å². The predicted molar refractivity (Wildman–Crippen MR) is 77.8 cm³/mol. The van der Waals surface area contributed by atoms with Crippen molar-refractivity contribution in [1.82, 2.24) is 0 Å². The summed E-state index contributed by atoms with van der Waals surface area (Å²) in [5.41, 5.74) is 1.76. The number of aliphatic hydroxyl groups is 1. The SMILES string of the molecule is CCCCOC(=O)CCC(O)c1ccc(OC)c(C)c1. The smallest absolute Gasteiger partial charge is 0.305 e. The first-order chi connectivity index (χ1) is 9.58. The van der Waals surface area contributed by atoms with Gasteiger partial charge in [0.25, 0.3) is 0 Å². The maximum atomic E-state index is 11.5. The van der Waals surface area contributed by atoms with Crippen LogP contribution in [-0.4, -0.2) is 24.8 Å². The molecule has 0 aromatic heterocycles. The third-order valence-electron chi connectivity index (χ3n) is 3.19. The Balaban J connectivity index is 2.44. The monoisotopic (exact) mass is 280 g/mol. The second kappa shape index (κ2) is 8.59. The highest BCUT2D eigenvalue weighted by Gasteiger charge is 2.12. The summed E-state index contributed by atoms with van der Waals surface area (Å²) in [5, 5.41) is 10.1. The summed E-state index contributed by atoms with van der Waals surface area (Å²) < 4.78 is 10.2. The maximum Gasteiger partial charge on any atom is 0.305 e. The molecular weight excluding hydrogens is 256 g/mol. The van der Waals surface area contributed by atoms with E-state index in [1.165, 1.54) is 0 Å². The van der Waals surface area contributed by atoms with Crippen LogP contribution in [0.2, 0.25) is 0 Å². The molecule has 0 spiro atoms. The lowest BCUT2D eigenvalue weighted by molar-refractivity contribution is -0.144. The largest absolute Gasteiger partial charge is 0.496 e. The second-order valence-corrected chi connectivity index (χ2v) is 4.86. The number of ether oxygens (including phenoxy) is 2. The number of carbonyl (C=O) groups is 1. The highest BCUT2D eigenvalue weighted by Crippen LogP contribution is 2.24. The third-order valence-corrected chi connectivity index (χ3v) is 3.19. The number of hydrogen-bond donors (Lipinski definition) is 1. The number of aryl methyl sites for hydroxylation is 1. The number of esters is 1. The van der Waals surface area contributed by atoms with E-state index in [0.717, 1.165) is 29.7 Å². The van der Waals surface area contributed by atoms with Crippen LogP contribution in [0.25, 0.3) is 0 Å². The summed E-state index contributed by atoms with van der Waals surface area (Å²) in [6.07, 6.45) is 1.83. The average Bonchev–Trinajstić information content (AvgIpc) is 2.45. The molecule has 112 valence electrons. The van der Waals surface area contributed by atoms with Gasteiger partial charge in [-0.25, -0.2) is 0 Å². The second-order valence-electron chi connectivity index (χ2n) is 4.86. The maximum absolute atomic E-state index is 11.5. The van der Waals surface area contributed by atoms with Crippen molar-refractivity contribution < 1.29 is 19.4 Å². The molecule has 0 bridgehead atoms. The molecule has 4 heteroatoms. The molecule has 0 saturated carbocycles. The number of carbonyl (C=O) groups excluding carboxylic acids is 1. The van der Waals surface area contributed by atoms with Crippen molar-refractivity contribution in [1.29, 1.82) is 0 Å². The topological polar surface area (TPSA) is 55.8 Å². The molecule has 20 heavy (non-hydrogen) atoms. The first-order valence-electron chi connectivity index (χ1n) is 7.06. The fraction of sp³-hybridized carbons (Fsp3) is 0.562. The molecule has 0 fully saturated rings. The molecule has 0 saturated heterocycles. The van der Waals surface area contributed by atoms with Crippen molar-refractivity contribution in [3.8, 4) is 5.75 Å². The van der Waals surface area contributed by atoms with Gasteiger partial charge in [-0.05, 0) is 43.0 Å². The fourth-order valence-electron chi connectivity index (χ4n) is 1.93. The molecule has 1 N–H and O–H groups in total. The number of methoxy groups -OCH3 is 1. The van der Waals surface area contributed by atoms with Gasteiger partial charge in [0, 0.05) is 6.42 Å². The first kappa shape index (κ1) is 16.5. The number of benzene rings is 1. The molecule has 0 heterocycles. The van der Waals surface area contributed by atoms with E-state index in [1.807, 2.05) is 32.0 Å². The average molecular weight is 280 g/mol. The van der Waals surface area contributed by atoms with Gasteiger partial charge in [-0.15, -0.1) is 0 Å². The van der Waals surface area contributed by atoms with Crippen LogP contribution in [0.15, 0.2) is 18.2 Å². The normalized spacial score (nSPS) is 12.0. The van der Waals surface area contributed by atoms with Crippen LogP contribution >= 0.6 is 0 Å². The first-order valence-corrected chi connectivity index (χ1v) is 7.06. The lowest BCUT2D eigenvalue weighted by Gasteiger charge is -2.13. The minimum atomic E-state index is -0.654. The lowest BCUT2D eigenvalue weighted by atomic mass is 10.0. The van der Waals surface area contributed by atoms with Gasteiger partial charge < -0.3 is 14.6 Å². The highest BCUT2D eigenvalue weighted by molar-refractivity contribution is 5.69. The van der Waals surface area contributed by atoms with E-state index in [-0.39, 0.29) is 12.4 Å². The van der Waals surface area contributed by atoms with Gasteiger partial charge in [0.1, 0.15) is 5.75 Å². The molecule has 0 aliphatic carbocycles. The molecule has 1 aromatic rings. The summed E-state index contributed by atoms with van der Waals surface area (Å²) >= 11 is 0. The molecule has 0 radical (unpaired) electrons. The van der Waals surface area contributed by atoms with Gasteiger partial charge in [-0.1, -0.05) is 19.4 Å². The number of aliphatic hydroxyl groups excluding tert-OH is 1. The van der Waals surface area contributed by atoms with Crippen molar-refractivity contribution in [2.45, 2.75) is 45.6 Å². The Morgan fingerprint density at radius 3 is 2.75 bits per heavy atom. The molecule has 0 aliphatic rings. The lowest BCUT2D eigenvalue weighted by Crippen LogP contribution is -2.08. The summed E-state index contributed by atoms with van der Waals surface area (Å²) in [7, 11) is 1.62. The van der Waals surface area contributed by atoms with Gasteiger partial charge >= 0.3 is 5.97 Å². The quantitative estimate of drug-likeness (QED) is 0.587. The van der Waals surface area contributed by atoms with Crippen molar-refractivity contribution in [2.75, 3.05) is 13.7 Å². The molecule has 1 aromatic carbocycles. The summed E-state index contributed by atoms with van der Waals surface area (Å²) in [4.78, 5) is 11.5. The van der Waals surface area contributed by atoms with Gasteiger partial charge in [0.05, 0.1) is 19.8 Å². The Labute approximate surface area is 120 Å². The van der Waals surface area contributed by atoms with Crippen LogP contribution in [0.3, 0.4) is 0 Å². The van der Waals surface area contributed by atoms with Crippen LogP contribution < -0.4 is 4.74 Å². The highest BCUT2D eigenvalue weighted by atomic mass is 16.5. The molecular formula is C16H24O4. The predicted octanol–water partition coefficient (Wildman–Crippen LogP) is 3.16. The number of rotatable bonds is 8. The molecule has 4 nitrogen and oxygen atoms in total. The molecule has 0 amide bonds. The van der Waals surface area contributed by atoms with Crippen molar-refractivity contribution in [3.05, 3.63) is 29.3 Å². The Bertz CT molecular complexity index is 428. The summed E-state index contributed by atoms with van der Waals surface area (Å²) in [6, 6.07) is 5.53. The fourth-order valence-corrected chi connectivity index (χ4v) is 1.93. The zero-order valence-electron chi connectivity index (χ0n) is 12.5. The van der Waals surface area contributed by atoms with Gasteiger partial charge in [-0.3, -0.25) is 4.79 Å². The van der Waals surface area contributed by atoms with E-state index in [9.17, 15) is 9.90 Å². The Kier molecular flexibility index (Phi) is 7.09. The Morgan fingerprint density at radius 1 is 1.40 bits per heavy atom. The minimum Gasteiger partial charge on any atom is -0.496 e. The molecule has 1 atom stereocenters. The standard InChI is InChI=1S/C16H24O4/c1-4-5-10-20-16(18)9-7-14(17)13-6-8-15(19-3)12(2)11-13/h6,8,11,14,17H,4-5,7,9-10H2,1-3H3. The van der Waals surface area contributed by atoms with Crippen LogP contribution in [0.1, 0.15) is 49.8 Å². The van der Waals surface area contributed by atoms with Crippen molar-refractivity contribution in [3.63, 3.8) is 0 Å². The summed E-state index contributed by atoms with van der Waals surface area (Å²) in [6.45, 7) is 4.44. The summed E-state index contributed by atoms with van der Waals surface area (Å²) in [5.74, 6) is 0.544. The van der Waals surface area contributed by atoms with Crippen LogP contribution in [-0.2, 0) is 9.53 Å². The van der Waals surface area contributed by atoms with E-state index in [4.69, 9.17) is 9.47 Å². The van der Waals surface area contributed by atoms with E-state index in [2.05, 4.69) is 0 Å². The van der Waals surface area contributed by atoms with Crippen molar-refractivity contribution >= 4 is 5.97 Å². The minimum absolute atomic E-state index is 0.232. The number of unbranched alkanes of at least 4 members (excludes halogenated alkanes) is 1. The molecule has 0 aliphatic heterocycles. The zero-order chi connectivity index (χ0) is 15.0. The zero-order valence-corrected chi connectivity index (χ0v) is 12.5. The molecule has 1 rings (SSSR count). The van der Waals surface area contributed by atoms with E-state index < -0.39 is 6.10 Å². The van der Waals surface area contributed by atoms with Crippen LogP contribution in [0.4, 0.5) is 0 Å².